The third kappa shape index (κ3) is 3.83. The van der Waals surface area contributed by atoms with E-state index in [4.69, 9.17) is 9.47 Å². The summed E-state index contributed by atoms with van der Waals surface area (Å²) in [6.07, 6.45) is 0. The number of ether oxygens (including phenoxy) is 2. The van der Waals surface area contributed by atoms with Crippen molar-refractivity contribution < 1.29 is 23.0 Å². The zero-order chi connectivity index (χ0) is 19.5. The number of carbonyl (C=O) groups is 1. The fourth-order valence-corrected chi connectivity index (χ4v) is 2.56. The van der Waals surface area contributed by atoms with Crippen molar-refractivity contribution in [2.24, 2.45) is 0 Å². The van der Waals surface area contributed by atoms with Crippen LogP contribution in [0.2, 0.25) is 0 Å². The van der Waals surface area contributed by atoms with Gasteiger partial charge in [-0.25, -0.2) is 8.78 Å². The molecule has 3 aromatic rings. The fraction of sp³-hybridized carbons (Fsp3) is 0.105. The predicted octanol–water partition coefficient (Wildman–Crippen LogP) is 3.52. The summed E-state index contributed by atoms with van der Waals surface area (Å²) in [7, 11) is 0. The monoisotopic (exact) mass is 384 g/mol. The molecule has 0 saturated heterocycles. The van der Waals surface area contributed by atoms with E-state index in [-0.39, 0.29) is 11.4 Å². The van der Waals surface area contributed by atoms with Gasteiger partial charge in [-0.1, -0.05) is 0 Å². The molecule has 0 aliphatic carbocycles. The number of amides is 1. The lowest BCUT2D eigenvalue weighted by atomic mass is 10.2. The maximum atomic E-state index is 13.2. The van der Waals surface area contributed by atoms with Crippen LogP contribution in [-0.4, -0.2) is 29.3 Å². The minimum absolute atomic E-state index is 0.0285. The highest BCUT2D eigenvalue weighted by molar-refractivity contribution is 6.03. The number of anilines is 3. The zero-order valence-corrected chi connectivity index (χ0v) is 14.4. The molecule has 1 amide bonds. The summed E-state index contributed by atoms with van der Waals surface area (Å²) in [6.45, 7) is 1.01. The van der Waals surface area contributed by atoms with Crippen molar-refractivity contribution in [3.05, 3.63) is 65.7 Å². The van der Waals surface area contributed by atoms with E-state index in [1.807, 2.05) is 6.07 Å². The van der Waals surface area contributed by atoms with Gasteiger partial charge in [0.1, 0.15) is 13.2 Å². The summed E-state index contributed by atoms with van der Waals surface area (Å²) in [4.78, 5) is 12.1. The fourth-order valence-electron chi connectivity index (χ4n) is 2.56. The van der Waals surface area contributed by atoms with Crippen LogP contribution in [0.1, 0.15) is 10.4 Å². The molecule has 1 aliphatic rings. The molecule has 0 fully saturated rings. The van der Waals surface area contributed by atoms with E-state index >= 15 is 0 Å². The highest BCUT2D eigenvalue weighted by Crippen LogP contribution is 2.33. The second-order valence-corrected chi connectivity index (χ2v) is 5.87. The summed E-state index contributed by atoms with van der Waals surface area (Å²) in [5.74, 6) is -0.813. The quantitative estimate of drug-likeness (QED) is 0.716. The van der Waals surface area contributed by atoms with Gasteiger partial charge in [0.25, 0.3) is 5.91 Å². The Bertz CT molecular complexity index is 1030. The number of nitrogens with zero attached hydrogens (tertiary/aromatic N) is 2. The number of hydrogen-bond acceptors (Lipinski definition) is 6. The summed E-state index contributed by atoms with van der Waals surface area (Å²) < 4.78 is 37.2. The van der Waals surface area contributed by atoms with Gasteiger partial charge in [-0.3, -0.25) is 4.79 Å². The Morgan fingerprint density at radius 1 is 0.857 bits per heavy atom. The van der Waals surface area contributed by atoms with E-state index in [0.717, 1.165) is 17.8 Å². The van der Waals surface area contributed by atoms with E-state index < -0.39 is 17.5 Å². The molecule has 0 bridgehead atoms. The Morgan fingerprint density at radius 2 is 1.61 bits per heavy atom. The number of benzene rings is 2. The molecule has 4 rings (SSSR count). The maximum Gasteiger partial charge on any atom is 0.256 e. The van der Waals surface area contributed by atoms with Gasteiger partial charge in [-0.05, 0) is 42.5 Å². The predicted molar refractivity (Wildman–Crippen MR) is 97.1 cm³/mol. The Balaban J connectivity index is 1.42. The average Bonchev–Trinajstić information content (AvgIpc) is 2.71. The van der Waals surface area contributed by atoms with Gasteiger partial charge in [0.05, 0.1) is 0 Å². The summed E-state index contributed by atoms with van der Waals surface area (Å²) in [5.41, 5.74) is 0.705. The molecule has 28 heavy (non-hydrogen) atoms. The van der Waals surface area contributed by atoms with Crippen molar-refractivity contribution in [2.45, 2.75) is 0 Å². The molecular formula is C19H14F2N4O3. The summed E-state index contributed by atoms with van der Waals surface area (Å²) >= 11 is 0. The molecule has 2 heterocycles. The van der Waals surface area contributed by atoms with Crippen LogP contribution in [0.3, 0.4) is 0 Å². The van der Waals surface area contributed by atoms with Crippen LogP contribution in [0, 0.1) is 11.6 Å². The Kier molecular flexibility index (Phi) is 4.71. The van der Waals surface area contributed by atoms with Crippen LogP contribution in [0.5, 0.6) is 11.5 Å². The van der Waals surface area contributed by atoms with Crippen molar-refractivity contribution in [1.82, 2.24) is 10.2 Å². The van der Waals surface area contributed by atoms with Gasteiger partial charge in [0.15, 0.2) is 34.8 Å². The number of hydrogen-bond donors (Lipinski definition) is 2. The molecule has 142 valence electrons. The second-order valence-electron chi connectivity index (χ2n) is 5.87. The van der Waals surface area contributed by atoms with Crippen LogP contribution in [-0.2, 0) is 0 Å². The SMILES string of the molecule is O=C(Nc1ccc(Nc2ccc3c(c2)OCCO3)nn1)c1ccc(F)c(F)c1. The number of aromatic nitrogens is 2. The smallest absolute Gasteiger partial charge is 0.256 e. The minimum atomic E-state index is -1.10. The highest BCUT2D eigenvalue weighted by atomic mass is 19.2. The molecule has 1 aliphatic heterocycles. The minimum Gasteiger partial charge on any atom is -0.486 e. The lowest BCUT2D eigenvalue weighted by Crippen LogP contribution is -2.15. The first-order valence-electron chi connectivity index (χ1n) is 8.35. The van der Waals surface area contributed by atoms with Crippen LogP contribution in [0.15, 0.2) is 48.5 Å². The average molecular weight is 384 g/mol. The van der Waals surface area contributed by atoms with Gasteiger partial charge in [0, 0.05) is 17.3 Å². The van der Waals surface area contributed by atoms with E-state index in [9.17, 15) is 13.6 Å². The first-order valence-corrected chi connectivity index (χ1v) is 8.35. The van der Waals surface area contributed by atoms with Crippen LogP contribution < -0.4 is 20.1 Å². The van der Waals surface area contributed by atoms with E-state index in [2.05, 4.69) is 20.8 Å². The van der Waals surface area contributed by atoms with Crippen molar-refractivity contribution in [1.29, 1.82) is 0 Å². The largest absolute Gasteiger partial charge is 0.486 e. The Labute approximate surface area is 158 Å². The molecule has 0 atom stereocenters. The van der Waals surface area contributed by atoms with Crippen LogP contribution >= 0.6 is 0 Å². The van der Waals surface area contributed by atoms with Gasteiger partial charge >= 0.3 is 0 Å². The number of nitrogens with one attached hydrogen (secondary N) is 2. The normalized spacial score (nSPS) is 12.4. The third-order valence-corrected chi connectivity index (χ3v) is 3.90. The van der Waals surface area contributed by atoms with Gasteiger partial charge in [-0.15, -0.1) is 10.2 Å². The lowest BCUT2D eigenvalue weighted by molar-refractivity contribution is 0.102. The zero-order valence-electron chi connectivity index (χ0n) is 14.4. The van der Waals surface area contributed by atoms with Crippen molar-refractivity contribution >= 4 is 23.2 Å². The van der Waals surface area contributed by atoms with Crippen LogP contribution in [0.4, 0.5) is 26.1 Å². The third-order valence-electron chi connectivity index (χ3n) is 3.90. The number of rotatable bonds is 4. The molecule has 2 N–H and O–H groups in total. The topological polar surface area (TPSA) is 85.4 Å². The second kappa shape index (κ2) is 7.47. The number of halogens is 2. The molecule has 0 saturated carbocycles. The summed E-state index contributed by atoms with van der Waals surface area (Å²) in [5, 5.41) is 13.4. The molecule has 0 radical (unpaired) electrons. The summed E-state index contributed by atoms with van der Waals surface area (Å²) in [6, 6.07) is 11.4. The van der Waals surface area contributed by atoms with Crippen molar-refractivity contribution in [3.63, 3.8) is 0 Å². The molecule has 0 spiro atoms. The van der Waals surface area contributed by atoms with Crippen molar-refractivity contribution in [2.75, 3.05) is 23.8 Å². The first-order chi connectivity index (χ1) is 13.6. The van der Waals surface area contributed by atoms with E-state index in [1.165, 1.54) is 12.1 Å². The molecular weight excluding hydrogens is 370 g/mol. The van der Waals surface area contributed by atoms with Gasteiger partial charge < -0.3 is 20.1 Å². The van der Waals surface area contributed by atoms with Crippen LogP contribution in [0.25, 0.3) is 0 Å². The molecule has 0 unspecified atom stereocenters. The molecule has 7 nitrogen and oxygen atoms in total. The Hall–Kier alpha value is -3.75. The number of fused-ring (bicyclic) bond motifs is 1. The standard InChI is InChI=1S/C19H14F2N4O3/c20-13-3-1-11(9-14(13)21)19(26)23-18-6-5-17(24-25-18)22-12-2-4-15-16(10-12)28-8-7-27-15/h1-6,9-10H,7-8H2,(H,22,24)(H,23,25,26). The molecule has 2 aromatic carbocycles. The Morgan fingerprint density at radius 3 is 2.36 bits per heavy atom. The first kappa shape index (κ1) is 17.7. The van der Waals surface area contributed by atoms with Gasteiger partial charge in [-0.2, -0.15) is 0 Å². The van der Waals surface area contributed by atoms with E-state index in [0.29, 0.717) is 30.5 Å². The maximum absolute atomic E-state index is 13.2. The van der Waals surface area contributed by atoms with E-state index in [1.54, 1.807) is 18.2 Å². The lowest BCUT2D eigenvalue weighted by Gasteiger charge is -2.19. The molecule has 9 heteroatoms. The number of carbonyl (C=O) groups excluding carboxylic acids is 1. The highest BCUT2D eigenvalue weighted by Gasteiger charge is 2.13. The van der Waals surface area contributed by atoms with Gasteiger partial charge in [0.2, 0.25) is 0 Å². The van der Waals surface area contributed by atoms with Crippen molar-refractivity contribution in [3.8, 4) is 11.5 Å². The molecule has 1 aromatic heterocycles.